The first kappa shape index (κ1) is 48.8. The second-order valence-electron chi connectivity index (χ2n) is 13.5. The number of carboxylic acid groups (broad SMARTS) is 2. The third kappa shape index (κ3) is 19.8. The standard InChI is InChI=1S/C34H56N12O11/c1-17(2)13-23(44-27(51)20(35)14-18-7-9-19(48)10-8-18)29(53)45-24(15-26(49)50)30(54)46-25(16-47)31(55)42-21(5-3-11-40-33(36)37)28(52)43-22(32(56)57)6-4-12-41-34(38)39/h7-10,17,20-25,47-48H,3-6,11-16,35H2,1-2H3,(H,42,55)(H,43,52)(H,44,51)(H,45,53)(H,46,54)(H,49,50)(H,56,57)(H4,36,37,40)(H4,38,39,41)/t20-,21-,22-,23-,24-,25-/m0/s1. The van der Waals surface area contributed by atoms with Crippen LogP contribution in [-0.2, 0) is 40.0 Å². The average molecular weight is 809 g/mol. The molecule has 0 saturated heterocycles. The van der Waals surface area contributed by atoms with E-state index in [1.54, 1.807) is 26.0 Å². The van der Waals surface area contributed by atoms with Crippen molar-refractivity contribution in [1.29, 1.82) is 10.8 Å². The molecule has 5 amide bonds. The zero-order valence-corrected chi connectivity index (χ0v) is 31.8. The fourth-order valence-corrected chi connectivity index (χ4v) is 5.21. The maximum Gasteiger partial charge on any atom is 0.326 e. The van der Waals surface area contributed by atoms with E-state index in [-0.39, 0.29) is 75.2 Å². The summed E-state index contributed by atoms with van der Waals surface area (Å²) in [5.74, 6) is -8.75. The number of benzene rings is 1. The van der Waals surface area contributed by atoms with E-state index in [1.165, 1.54) is 12.1 Å². The summed E-state index contributed by atoms with van der Waals surface area (Å²) >= 11 is 0. The molecule has 23 nitrogen and oxygen atoms in total. The molecule has 19 N–H and O–H groups in total. The number of aliphatic hydroxyl groups excluding tert-OH is 1. The minimum Gasteiger partial charge on any atom is -0.508 e. The van der Waals surface area contributed by atoms with Crippen LogP contribution in [0.25, 0.3) is 0 Å². The van der Waals surface area contributed by atoms with Gasteiger partial charge in [0.25, 0.3) is 0 Å². The molecule has 0 bridgehead atoms. The van der Waals surface area contributed by atoms with Crippen molar-refractivity contribution in [3.8, 4) is 5.75 Å². The Morgan fingerprint density at radius 2 is 1.11 bits per heavy atom. The molecule has 1 aromatic rings. The fourth-order valence-electron chi connectivity index (χ4n) is 5.21. The molecule has 57 heavy (non-hydrogen) atoms. The van der Waals surface area contributed by atoms with Gasteiger partial charge in [-0.25, -0.2) is 4.79 Å². The SMILES string of the molecule is CC(C)C[C@H](NC(=O)[C@@H](N)Cc1ccc(O)cc1)C(=O)N[C@@H](CC(=O)O)C(=O)N[C@@H](CO)C(=O)N[C@@H](CCCNC(=N)N)C(=O)N[C@@H](CCCNC(=N)N)C(=O)O. The van der Waals surface area contributed by atoms with E-state index < -0.39 is 90.8 Å². The van der Waals surface area contributed by atoms with Gasteiger partial charge in [0.2, 0.25) is 29.5 Å². The molecular formula is C34H56N12O11. The molecule has 0 aliphatic carbocycles. The highest BCUT2D eigenvalue weighted by Gasteiger charge is 2.33. The van der Waals surface area contributed by atoms with Crippen molar-refractivity contribution in [1.82, 2.24) is 37.2 Å². The maximum absolute atomic E-state index is 13.4. The van der Waals surface area contributed by atoms with Crippen molar-refractivity contribution in [2.45, 2.75) is 95.0 Å². The Hall–Kier alpha value is -6.23. The van der Waals surface area contributed by atoms with Gasteiger partial charge in [0.1, 0.15) is 36.0 Å². The molecule has 23 heteroatoms. The maximum atomic E-state index is 13.4. The Morgan fingerprint density at radius 3 is 1.60 bits per heavy atom. The molecular weight excluding hydrogens is 752 g/mol. The monoisotopic (exact) mass is 808 g/mol. The number of amides is 5. The summed E-state index contributed by atoms with van der Waals surface area (Å²) in [6, 6.07) is -2.93. The van der Waals surface area contributed by atoms with Crippen LogP contribution in [-0.4, -0.2) is 130 Å². The van der Waals surface area contributed by atoms with E-state index in [2.05, 4.69) is 37.2 Å². The van der Waals surface area contributed by atoms with E-state index in [0.717, 1.165) is 0 Å². The van der Waals surface area contributed by atoms with Crippen molar-refractivity contribution in [2.75, 3.05) is 19.7 Å². The highest BCUT2D eigenvalue weighted by Crippen LogP contribution is 2.12. The van der Waals surface area contributed by atoms with Gasteiger partial charge in [0.15, 0.2) is 11.9 Å². The van der Waals surface area contributed by atoms with Crippen LogP contribution in [0.1, 0.15) is 57.9 Å². The minimum absolute atomic E-state index is 0.0118. The number of aromatic hydroxyl groups is 1. The van der Waals surface area contributed by atoms with Gasteiger partial charge in [0.05, 0.1) is 19.1 Å². The quantitative estimate of drug-likeness (QED) is 0.0240. The summed E-state index contributed by atoms with van der Waals surface area (Å²) in [5.41, 5.74) is 17.2. The molecule has 6 atom stereocenters. The van der Waals surface area contributed by atoms with E-state index >= 15 is 0 Å². The average Bonchev–Trinajstić information content (AvgIpc) is 3.12. The predicted molar refractivity (Wildman–Crippen MR) is 204 cm³/mol. The molecule has 0 heterocycles. The van der Waals surface area contributed by atoms with Gasteiger partial charge < -0.3 is 74.8 Å². The van der Waals surface area contributed by atoms with Crippen LogP contribution in [0.5, 0.6) is 5.75 Å². The first-order valence-electron chi connectivity index (χ1n) is 18.0. The van der Waals surface area contributed by atoms with E-state index in [9.17, 15) is 54.0 Å². The highest BCUT2D eigenvalue weighted by molar-refractivity contribution is 5.97. The molecule has 0 aromatic heterocycles. The number of rotatable bonds is 26. The largest absolute Gasteiger partial charge is 0.508 e. The lowest BCUT2D eigenvalue weighted by molar-refractivity contribution is -0.142. The van der Waals surface area contributed by atoms with Crippen LogP contribution in [0.3, 0.4) is 0 Å². The van der Waals surface area contributed by atoms with Gasteiger partial charge in [-0.15, -0.1) is 0 Å². The van der Waals surface area contributed by atoms with Crippen LogP contribution in [0, 0.1) is 16.7 Å². The molecule has 0 aliphatic rings. The fraction of sp³-hybridized carbons (Fsp3) is 0.559. The summed E-state index contributed by atoms with van der Waals surface area (Å²) in [4.78, 5) is 90.0. The Bertz CT molecular complexity index is 1560. The van der Waals surface area contributed by atoms with Gasteiger partial charge >= 0.3 is 11.9 Å². The number of phenolic OH excluding ortho intramolecular Hbond substituents is 1. The number of aliphatic hydroxyl groups is 1. The van der Waals surface area contributed by atoms with E-state index in [4.69, 9.17) is 28.0 Å². The molecule has 0 saturated carbocycles. The lowest BCUT2D eigenvalue weighted by atomic mass is 10.0. The number of phenols is 1. The first-order valence-corrected chi connectivity index (χ1v) is 18.0. The second kappa shape index (κ2) is 25.0. The van der Waals surface area contributed by atoms with Gasteiger partial charge in [-0.1, -0.05) is 26.0 Å². The number of carbonyl (C=O) groups excluding carboxylic acids is 5. The molecule has 1 rings (SSSR count). The Kier molecular flexibility index (Phi) is 21.4. The summed E-state index contributed by atoms with van der Waals surface area (Å²) in [6.45, 7) is 2.65. The number of guanidine groups is 2. The highest BCUT2D eigenvalue weighted by atomic mass is 16.4. The normalized spacial score (nSPS) is 14.0. The Balaban J connectivity index is 3.14. The molecule has 0 radical (unpaired) electrons. The number of nitrogens with two attached hydrogens (primary N) is 3. The smallest absolute Gasteiger partial charge is 0.326 e. The van der Waals surface area contributed by atoms with Gasteiger partial charge in [-0.2, -0.15) is 0 Å². The summed E-state index contributed by atoms with van der Waals surface area (Å²) < 4.78 is 0. The summed E-state index contributed by atoms with van der Waals surface area (Å²) in [5, 5.41) is 69.9. The third-order valence-corrected chi connectivity index (χ3v) is 8.11. The minimum atomic E-state index is -1.82. The Morgan fingerprint density at radius 1 is 0.667 bits per heavy atom. The zero-order chi connectivity index (χ0) is 43.2. The van der Waals surface area contributed by atoms with Crippen molar-refractivity contribution in [3.05, 3.63) is 29.8 Å². The lowest BCUT2D eigenvalue weighted by Crippen LogP contribution is -2.60. The van der Waals surface area contributed by atoms with Gasteiger partial charge in [-0.3, -0.25) is 39.6 Å². The van der Waals surface area contributed by atoms with Crippen LogP contribution in [0.4, 0.5) is 0 Å². The molecule has 0 unspecified atom stereocenters. The van der Waals surface area contributed by atoms with Crippen LogP contribution >= 0.6 is 0 Å². The molecule has 1 aromatic carbocycles. The number of carboxylic acids is 2. The summed E-state index contributed by atoms with van der Waals surface area (Å²) in [7, 11) is 0. The van der Waals surface area contributed by atoms with E-state index in [1.807, 2.05) is 0 Å². The predicted octanol–water partition coefficient (Wildman–Crippen LogP) is -4.19. The molecule has 0 aliphatic heterocycles. The molecule has 0 spiro atoms. The first-order chi connectivity index (χ1) is 26.7. The molecule has 318 valence electrons. The Labute approximate surface area is 328 Å². The van der Waals surface area contributed by atoms with Crippen molar-refractivity contribution < 1.29 is 54.0 Å². The van der Waals surface area contributed by atoms with Crippen molar-refractivity contribution >= 4 is 53.4 Å². The number of carbonyl (C=O) groups is 7. The van der Waals surface area contributed by atoms with E-state index in [0.29, 0.717) is 5.56 Å². The number of hydrogen-bond donors (Lipinski definition) is 16. The third-order valence-electron chi connectivity index (χ3n) is 8.11. The lowest BCUT2D eigenvalue weighted by Gasteiger charge is -2.26. The molecule has 0 fully saturated rings. The van der Waals surface area contributed by atoms with Crippen LogP contribution in [0.15, 0.2) is 24.3 Å². The second-order valence-corrected chi connectivity index (χ2v) is 13.5. The van der Waals surface area contributed by atoms with Crippen LogP contribution in [0.2, 0.25) is 0 Å². The van der Waals surface area contributed by atoms with Crippen LogP contribution < -0.4 is 54.4 Å². The number of hydrogen-bond acceptors (Lipinski definition) is 12. The summed E-state index contributed by atoms with van der Waals surface area (Å²) in [6.07, 6.45) is -0.799. The number of nitrogens with one attached hydrogen (secondary N) is 9. The van der Waals surface area contributed by atoms with Gasteiger partial charge in [0, 0.05) is 13.1 Å². The topological polar surface area (TPSA) is 410 Å². The van der Waals surface area contributed by atoms with Gasteiger partial charge in [-0.05, 0) is 62.1 Å². The van der Waals surface area contributed by atoms with Crippen molar-refractivity contribution in [2.24, 2.45) is 23.1 Å². The van der Waals surface area contributed by atoms with Crippen molar-refractivity contribution in [3.63, 3.8) is 0 Å². The zero-order valence-electron chi connectivity index (χ0n) is 31.8. The number of aliphatic carboxylic acids is 2.